The van der Waals surface area contributed by atoms with Crippen molar-refractivity contribution < 1.29 is 46.8 Å². The largest absolute Gasteiger partial charge is 2.00 e. The summed E-state index contributed by atoms with van der Waals surface area (Å²) in [5.74, 6) is -1.79. The predicted molar refractivity (Wildman–Crippen MR) is 97.6 cm³/mol. The molecule has 1 radical (unpaired) electrons. The molecule has 28 heavy (non-hydrogen) atoms. The minimum atomic E-state index is -1.08. The van der Waals surface area contributed by atoms with Gasteiger partial charge in [0.2, 0.25) is 0 Å². The van der Waals surface area contributed by atoms with Crippen LogP contribution in [0.4, 0.5) is 0 Å². The van der Waals surface area contributed by atoms with Crippen LogP contribution in [0.2, 0.25) is 0 Å². The van der Waals surface area contributed by atoms with E-state index in [1.165, 1.54) is 0 Å². The number of hydrogen-bond donors (Lipinski definition) is 2. The van der Waals surface area contributed by atoms with Gasteiger partial charge >= 0.3 is 16.8 Å². The Morgan fingerprint density at radius 1 is 0.821 bits per heavy atom. The van der Waals surface area contributed by atoms with Gasteiger partial charge in [0.15, 0.2) is 0 Å². The summed E-state index contributed by atoms with van der Waals surface area (Å²) in [5.41, 5.74) is 1.31. The van der Waals surface area contributed by atoms with E-state index in [2.05, 4.69) is 9.98 Å². The van der Waals surface area contributed by atoms with E-state index in [1.807, 2.05) is 12.1 Å². The number of aliphatic imine (C=N–C) groups is 2. The molecule has 9 heteroatoms. The standard InChI is InChI=1S/C15H14N2O2.2C2H4O2.Co/c18-14-7-3-1-5-12(14)9-16-11-17-10-13-6-2-4-8-15(13)19;2*1-2(3)4;/h1-10,18-19H,11H2;2*1H3,(H,3,4);/q;;;+2/p-2. The van der Waals surface area contributed by atoms with Crippen molar-refractivity contribution in [3.63, 3.8) is 0 Å². The summed E-state index contributed by atoms with van der Waals surface area (Å²) in [6.45, 7) is 2.18. The zero-order valence-electron chi connectivity index (χ0n) is 15.2. The van der Waals surface area contributed by atoms with Gasteiger partial charge in [-0.05, 0) is 38.1 Å². The maximum atomic E-state index is 9.52. The van der Waals surface area contributed by atoms with Crippen LogP contribution in [0.25, 0.3) is 0 Å². The molecule has 0 aliphatic carbocycles. The molecule has 2 aromatic carbocycles. The van der Waals surface area contributed by atoms with E-state index in [1.54, 1.807) is 48.8 Å². The zero-order chi connectivity index (χ0) is 20.7. The molecule has 0 aliphatic heterocycles. The second kappa shape index (κ2) is 16.0. The van der Waals surface area contributed by atoms with Crippen molar-refractivity contribution in [2.24, 2.45) is 9.98 Å². The van der Waals surface area contributed by atoms with Gasteiger partial charge in [0, 0.05) is 35.5 Å². The number of hydrogen-bond acceptors (Lipinski definition) is 8. The molecule has 0 amide bonds. The number of carboxylic acids is 2. The molecule has 2 aromatic rings. The van der Waals surface area contributed by atoms with E-state index in [-0.39, 0.29) is 34.9 Å². The Morgan fingerprint density at radius 2 is 1.11 bits per heavy atom. The van der Waals surface area contributed by atoms with E-state index >= 15 is 0 Å². The summed E-state index contributed by atoms with van der Waals surface area (Å²) < 4.78 is 0. The Balaban J connectivity index is 0. The van der Waals surface area contributed by atoms with Gasteiger partial charge in [0.1, 0.15) is 18.2 Å². The molecule has 0 atom stereocenters. The molecule has 151 valence electrons. The number of benzene rings is 2. The van der Waals surface area contributed by atoms with Crippen LogP contribution >= 0.6 is 0 Å². The molecule has 0 spiro atoms. The minimum Gasteiger partial charge on any atom is -0.550 e. The molecule has 0 aromatic heterocycles. The molecule has 0 unspecified atom stereocenters. The predicted octanol–water partition coefficient (Wildman–Crippen LogP) is 0.103. The zero-order valence-corrected chi connectivity index (χ0v) is 16.3. The molecule has 8 nitrogen and oxygen atoms in total. The number of carboxylic acid groups (broad SMARTS) is 2. The van der Waals surface area contributed by atoms with Crippen molar-refractivity contribution >= 4 is 24.4 Å². The van der Waals surface area contributed by atoms with Crippen molar-refractivity contribution in [2.45, 2.75) is 13.8 Å². The van der Waals surface area contributed by atoms with E-state index in [0.29, 0.717) is 11.1 Å². The monoisotopic (exact) mass is 431 g/mol. The van der Waals surface area contributed by atoms with Gasteiger partial charge in [-0.15, -0.1) is 0 Å². The topological polar surface area (TPSA) is 145 Å². The smallest absolute Gasteiger partial charge is 0.550 e. The minimum absolute atomic E-state index is 0. The summed E-state index contributed by atoms with van der Waals surface area (Å²) in [6, 6.07) is 13.9. The average Bonchev–Trinajstić information content (AvgIpc) is 2.57. The molecular weight excluding hydrogens is 411 g/mol. The van der Waals surface area contributed by atoms with Gasteiger partial charge in [-0.3, -0.25) is 9.98 Å². The molecular formula is C19H20CoN2O6. The van der Waals surface area contributed by atoms with Crippen LogP contribution in [0.1, 0.15) is 25.0 Å². The van der Waals surface area contributed by atoms with Gasteiger partial charge in [-0.2, -0.15) is 0 Å². The Bertz CT molecular complexity index is 720. The third kappa shape index (κ3) is 15.1. The van der Waals surface area contributed by atoms with Crippen molar-refractivity contribution in [3.8, 4) is 11.5 Å². The molecule has 2 rings (SSSR count). The first-order valence-corrected chi connectivity index (χ1v) is 7.64. The number of phenols is 2. The fraction of sp³-hybridized carbons (Fsp3) is 0.158. The number of aromatic hydroxyl groups is 2. The third-order valence-electron chi connectivity index (χ3n) is 2.50. The van der Waals surface area contributed by atoms with Gasteiger partial charge in [0.05, 0.1) is 0 Å². The van der Waals surface area contributed by atoms with Crippen LogP contribution in [0.3, 0.4) is 0 Å². The normalized spacial score (nSPS) is 9.50. The molecule has 0 saturated carbocycles. The van der Waals surface area contributed by atoms with E-state index in [4.69, 9.17) is 19.8 Å². The molecule has 0 bridgehead atoms. The summed E-state index contributed by atoms with van der Waals surface area (Å²) in [6.07, 6.45) is 3.13. The first-order chi connectivity index (χ1) is 12.7. The SMILES string of the molecule is CC(=O)[O-].CC(=O)[O-].Oc1ccccc1C=NCN=Cc1ccccc1O.[Co+2]. The summed E-state index contributed by atoms with van der Waals surface area (Å²) in [5, 5.41) is 36.8. The number of aliphatic carboxylic acids is 2. The Hall–Kier alpha value is -3.17. The van der Waals surface area contributed by atoms with Crippen LogP contribution in [0, 0.1) is 0 Å². The molecule has 2 N–H and O–H groups in total. The number of carbonyl (C=O) groups is 2. The van der Waals surface area contributed by atoms with E-state index in [0.717, 1.165) is 13.8 Å². The Morgan fingerprint density at radius 3 is 1.39 bits per heavy atom. The van der Waals surface area contributed by atoms with Crippen molar-refractivity contribution in [3.05, 3.63) is 59.7 Å². The van der Waals surface area contributed by atoms with E-state index < -0.39 is 11.9 Å². The van der Waals surface area contributed by atoms with Gasteiger partial charge in [-0.1, -0.05) is 24.3 Å². The Labute approximate surface area is 173 Å². The van der Waals surface area contributed by atoms with E-state index in [9.17, 15) is 10.2 Å². The van der Waals surface area contributed by atoms with Crippen LogP contribution < -0.4 is 10.2 Å². The number of carbonyl (C=O) groups excluding carboxylic acids is 2. The van der Waals surface area contributed by atoms with Crippen LogP contribution in [-0.2, 0) is 26.4 Å². The third-order valence-corrected chi connectivity index (χ3v) is 2.50. The average molecular weight is 431 g/mol. The van der Waals surface area contributed by atoms with Crippen LogP contribution in [0.5, 0.6) is 11.5 Å². The second-order valence-corrected chi connectivity index (χ2v) is 4.87. The first kappa shape index (κ1) is 27.0. The molecule has 0 aliphatic rings. The van der Waals surface area contributed by atoms with Crippen molar-refractivity contribution in [1.82, 2.24) is 0 Å². The number of para-hydroxylation sites is 2. The number of phenolic OH excluding ortho intramolecular Hbond substituents is 2. The van der Waals surface area contributed by atoms with Crippen LogP contribution in [0.15, 0.2) is 58.5 Å². The summed E-state index contributed by atoms with van der Waals surface area (Å²) in [7, 11) is 0. The number of rotatable bonds is 4. The van der Waals surface area contributed by atoms with Crippen LogP contribution in [-0.4, -0.2) is 41.2 Å². The quantitative estimate of drug-likeness (QED) is 0.657. The summed E-state index contributed by atoms with van der Waals surface area (Å²) in [4.78, 5) is 25.9. The summed E-state index contributed by atoms with van der Waals surface area (Å²) >= 11 is 0. The van der Waals surface area contributed by atoms with Crippen molar-refractivity contribution in [1.29, 1.82) is 0 Å². The first-order valence-electron chi connectivity index (χ1n) is 7.64. The molecule has 0 heterocycles. The van der Waals surface area contributed by atoms with Gasteiger partial charge < -0.3 is 30.0 Å². The molecule has 0 fully saturated rings. The second-order valence-electron chi connectivity index (χ2n) is 4.87. The van der Waals surface area contributed by atoms with Gasteiger partial charge in [0.25, 0.3) is 0 Å². The maximum Gasteiger partial charge on any atom is 2.00 e. The van der Waals surface area contributed by atoms with Crippen molar-refractivity contribution in [2.75, 3.05) is 6.67 Å². The molecule has 0 saturated heterocycles. The van der Waals surface area contributed by atoms with Gasteiger partial charge in [-0.25, -0.2) is 0 Å². The maximum absolute atomic E-state index is 9.52. The fourth-order valence-corrected chi connectivity index (χ4v) is 1.52. The Kier molecular flexibility index (Phi) is 15.5. The fourth-order valence-electron chi connectivity index (χ4n) is 1.52. The number of nitrogens with zero attached hydrogens (tertiary/aromatic N) is 2.